The Hall–Kier alpha value is -2.04. The van der Waals surface area contributed by atoms with Crippen molar-refractivity contribution in [2.75, 3.05) is 26.8 Å². The number of benzene rings is 2. The van der Waals surface area contributed by atoms with Crippen LogP contribution in [-0.4, -0.2) is 77.2 Å². The Morgan fingerprint density at radius 2 is 1.85 bits per heavy atom. The quantitative estimate of drug-likeness (QED) is 0.389. The fourth-order valence-electron chi connectivity index (χ4n) is 4.75. The van der Waals surface area contributed by atoms with Crippen LogP contribution in [0.3, 0.4) is 0 Å². The molecular formula is C25H33NO7. The number of hydrogen-bond donors (Lipinski definition) is 5. The number of likely N-dealkylation sites (N-methyl/N-ethyl adjacent to an activating group) is 1. The van der Waals surface area contributed by atoms with E-state index in [-0.39, 0.29) is 13.2 Å². The van der Waals surface area contributed by atoms with Crippen LogP contribution in [0.15, 0.2) is 42.5 Å². The van der Waals surface area contributed by atoms with Crippen LogP contribution in [0.1, 0.15) is 29.2 Å². The fraction of sp³-hybridized carbons (Fsp3) is 0.520. The number of nitrogens with one attached hydrogen (secondary N) is 1. The molecule has 2 bridgehead atoms. The topological polar surface area (TPSA) is 121 Å². The summed E-state index contributed by atoms with van der Waals surface area (Å²) in [5.74, 6) is -0.887. The summed E-state index contributed by atoms with van der Waals surface area (Å²) in [7, 11) is 1.66. The van der Waals surface area contributed by atoms with E-state index in [0.29, 0.717) is 18.6 Å². The van der Waals surface area contributed by atoms with Crippen LogP contribution in [0.25, 0.3) is 0 Å². The van der Waals surface area contributed by atoms with Crippen molar-refractivity contribution in [2.24, 2.45) is 0 Å². The van der Waals surface area contributed by atoms with Crippen LogP contribution in [-0.2, 0) is 21.7 Å². The van der Waals surface area contributed by atoms with Gasteiger partial charge in [0.1, 0.15) is 30.2 Å². The van der Waals surface area contributed by atoms with Gasteiger partial charge in [-0.2, -0.15) is 0 Å². The maximum atomic E-state index is 10.9. The number of ether oxygens (including phenoxy) is 3. The standard InChI is InChI=1S/C25H33NO7/c1-4-31-19-9-6-16(7-10-19)11-17-12-18(8-5-15(17)2)25-23(30)21(28)22(29)24(33-25,14-32-25)20(27)13-26-3/h5-10,12,20-23,26-30H,4,11,13-14H2,1-3H3/t20?,21-,22-,23+,24+,25-/m0/s1. The smallest absolute Gasteiger partial charge is 0.225 e. The normalized spacial score (nSPS) is 32.0. The molecule has 4 rings (SSSR count). The zero-order valence-corrected chi connectivity index (χ0v) is 19.2. The average Bonchev–Trinajstić information content (AvgIpc) is 3.20. The minimum Gasteiger partial charge on any atom is -0.494 e. The lowest BCUT2D eigenvalue weighted by Gasteiger charge is -2.48. The molecule has 0 amide bonds. The number of fused-ring (bicyclic) bond motifs is 2. The SMILES string of the molecule is CCOc1ccc(Cc2cc([C@]34OC[C@](C(O)CNC)(O3)[C@@H](O)[C@H](O)[C@H]4O)ccc2C)cc1. The maximum Gasteiger partial charge on any atom is 0.225 e. The summed E-state index contributed by atoms with van der Waals surface area (Å²) in [5.41, 5.74) is 2.09. The van der Waals surface area contributed by atoms with Crippen molar-refractivity contribution in [1.29, 1.82) is 0 Å². The van der Waals surface area contributed by atoms with Crippen molar-refractivity contribution < 1.29 is 34.6 Å². The third-order valence-corrected chi connectivity index (χ3v) is 6.73. The van der Waals surface area contributed by atoms with Gasteiger partial charge in [0.2, 0.25) is 5.79 Å². The summed E-state index contributed by atoms with van der Waals surface area (Å²) >= 11 is 0. The molecule has 0 aliphatic carbocycles. The first-order chi connectivity index (χ1) is 15.8. The first-order valence-electron chi connectivity index (χ1n) is 11.3. The van der Waals surface area contributed by atoms with Gasteiger partial charge in [-0.25, -0.2) is 0 Å². The third kappa shape index (κ3) is 4.06. The zero-order valence-electron chi connectivity index (χ0n) is 19.2. The first-order valence-corrected chi connectivity index (χ1v) is 11.3. The molecule has 180 valence electrons. The predicted molar refractivity (Wildman–Crippen MR) is 121 cm³/mol. The molecule has 1 unspecified atom stereocenters. The number of aliphatic hydroxyl groups is 4. The molecule has 0 aromatic heterocycles. The molecule has 33 heavy (non-hydrogen) atoms. The first kappa shape index (κ1) is 24.1. The van der Waals surface area contributed by atoms with E-state index in [9.17, 15) is 20.4 Å². The van der Waals surface area contributed by atoms with E-state index in [1.807, 2.05) is 50.2 Å². The van der Waals surface area contributed by atoms with Crippen LogP contribution in [0.4, 0.5) is 0 Å². The maximum absolute atomic E-state index is 10.9. The van der Waals surface area contributed by atoms with Gasteiger partial charge in [-0.05, 0) is 62.2 Å². The summed E-state index contributed by atoms with van der Waals surface area (Å²) in [6, 6.07) is 13.5. The summed E-state index contributed by atoms with van der Waals surface area (Å²) < 4.78 is 17.6. The van der Waals surface area contributed by atoms with E-state index in [4.69, 9.17) is 14.2 Å². The van der Waals surface area contributed by atoms with Crippen LogP contribution in [0, 0.1) is 6.92 Å². The van der Waals surface area contributed by atoms with Crippen molar-refractivity contribution in [3.63, 3.8) is 0 Å². The van der Waals surface area contributed by atoms with Crippen LogP contribution in [0.5, 0.6) is 5.75 Å². The van der Waals surface area contributed by atoms with Gasteiger partial charge in [0, 0.05) is 12.1 Å². The number of aryl methyl sites for hydroxylation is 1. The van der Waals surface area contributed by atoms with Crippen molar-refractivity contribution >= 4 is 0 Å². The average molecular weight is 460 g/mol. The van der Waals surface area contributed by atoms with E-state index in [0.717, 1.165) is 22.4 Å². The van der Waals surface area contributed by atoms with E-state index in [2.05, 4.69) is 5.32 Å². The fourth-order valence-corrected chi connectivity index (χ4v) is 4.75. The van der Waals surface area contributed by atoms with Crippen LogP contribution >= 0.6 is 0 Å². The molecule has 0 radical (unpaired) electrons. The third-order valence-electron chi connectivity index (χ3n) is 6.73. The minimum atomic E-state index is -1.70. The zero-order chi connectivity index (χ0) is 23.8. The second kappa shape index (κ2) is 9.31. The molecule has 6 atom stereocenters. The van der Waals surface area contributed by atoms with E-state index in [1.165, 1.54) is 0 Å². The highest BCUT2D eigenvalue weighted by molar-refractivity contribution is 5.40. The molecule has 2 saturated heterocycles. The van der Waals surface area contributed by atoms with Gasteiger partial charge in [0.15, 0.2) is 5.60 Å². The van der Waals surface area contributed by atoms with E-state index < -0.39 is 35.8 Å². The molecule has 2 aliphatic rings. The molecule has 2 aliphatic heterocycles. The summed E-state index contributed by atoms with van der Waals surface area (Å²) in [5, 5.41) is 45.8. The lowest BCUT2D eigenvalue weighted by Crippen LogP contribution is -2.69. The van der Waals surface area contributed by atoms with Gasteiger partial charge in [-0.15, -0.1) is 0 Å². The summed E-state index contributed by atoms with van der Waals surface area (Å²) in [6.07, 6.45) is -5.12. The molecule has 0 saturated carbocycles. The molecule has 2 heterocycles. The van der Waals surface area contributed by atoms with E-state index in [1.54, 1.807) is 13.1 Å². The number of aliphatic hydroxyl groups excluding tert-OH is 4. The molecule has 0 spiro atoms. The van der Waals surface area contributed by atoms with Gasteiger partial charge in [0.25, 0.3) is 0 Å². The summed E-state index contributed by atoms with van der Waals surface area (Å²) in [6.45, 7) is 4.50. The van der Waals surface area contributed by atoms with E-state index >= 15 is 0 Å². The Labute approximate surface area is 193 Å². The largest absolute Gasteiger partial charge is 0.494 e. The van der Waals surface area contributed by atoms with Gasteiger partial charge < -0.3 is 40.0 Å². The predicted octanol–water partition coefficient (Wildman–Crippen LogP) is 0.600. The van der Waals surface area contributed by atoms with Gasteiger partial charge in [-0.3, -0.25) is 0 Å². The molecule has 2 fully saturated rings. The highest BCUT2D eigenvalue weighted by atomic mass is 16.8. The lowest BCUT2D eigenvalue weighted by molar-refractivity contribution is -0.337. The monoisotopic (exact) mass is 459 g/mol. The van der Waals surface area contributed by atoms with Crippen molar-refractivity contribution in [3.8, 4) is 5.75 Å². The Morgan fingerprint density at radius 1 is 1.12 bits per heavy atom. The molecule has 2 aromatic rings. The van der Waals surface area contributed by atoms with Gasteiger partial charge in [-0.1, -0.05) is 24.3 Å². The molecule has 5 N–H and O–H groups in total. The highest BCUT2D eigenvalue weighted by Gasteiger charge is 2.69. The Morgan fingerprint density at radius 3 is 2.52 bits per heavy atom. The Kier molecular flexibility index (Phi) is 6.80. The Bertz CT molecular complexity index is 968. The van der Waals surface area contributed by atoms with Gasteiger partial charge >= 0.3 is 0 Å². The lowest BCUT2D eigenvalue weighted by atomic mass is 9.80. The highest BCUT2D eigenvalue weighted by Crippen LogP contribution is 2.51. The van der Waals surface area contributed by atoms with Crippen LogP contribution in [0.2, 0.25) is 0 Å². The number of hydrogen-bond acceptors (Lipinski definition) is 8. The van der Waals surface area contributed by atoms with Crippen LogP contribution < -0.4 is 10.1 Å². The summed E-state index contributed by atoms with van der Waals surface area (Å²) in [4.78, 5) is 0. The minimum absolute atomic E-state index is 0.121. The molecule has 8 heteroatoms. The Balaban J connectivity index is 1.67. The molecule has 2 aromatic carbocycles. The van der Waals surface area contributed by atoms with Crippen molar-refractivity contribution in [3.05, 3.63) is 64.7 Å². The second-order valence-electron chi connectivity index (χ2n) is 8.86. The molecular weight excluding hydrogens is 426 g/mol. The van der Waals surface area contributed by atoms with Crippen molar-refractivity contribution in [2.45, 2.75) is 56.1 Å². The second-order valence-corrected chi connectivity index (χ2v) is 8.86. The van der Waals surface area contributed by atoms with Crippen molar-refractivity contribution in [1.82, 2.24) is 5.32 Å². The number of rotatable bonds is 8. The molecule has 8 nitrogen and oxygen atoms in total. The van der Waals surface area contributed by atoms with Gasteiger partial charge in [0.05, 0.1) is 13.2 Å².